The number of aryl methyl sites for hydroxylation is 2. The molecular weight excluding hydrogens is 468 g/mol. The Bertz CT molecular complexity index is 1040. The molecule has 1 aliphatic rings. The number of likely N-dealkylation sites (tertiary alicyclic amines) is 1. The Hall–Kier alpha value is -2.94. The molecule has 1 aliphatic heterocycles. The van der Waals surface area contributed by atoms with Gasteiger partial charge in [-0.1, -0.05) is 36.7 Å². The van der Waals surface area contributed by atoms with Crippen LogP contribution in [0.2, 0.25) is 5.02 Å². The number of amides is 3. The molecule has 35 heavy (non-hydrogen) atoms. The maximum atomic E-state index is 13.5. The van der Waals surface area contributed by atoms with Crippen molar-refractivity contribution in [3.8, 4) is 0 Å². The van der Waals surface area contributed by atoms with Crippen LogP contribution >= 0.6 is 11.6 Å². The zero-order valence-corrected chi connectivity index (χ0v) is 21.0. The number of rotatable bonds is 10. The smallest absolute Gasteiger partial charge is 0.238 e. The molecule has 1 fully saturated rings. The van der Waals surface area contributed by atoms with E-state index in [2.05, 4.69) is 12.2 Å². The average molecular weight is 501 g/mol. The average Bonchev–Trinajstić information content (AvgIpc) is 2.88. The van der Waals surface area contributed by atoms with Crippen molar-refractivity contribution in [2.24, 2.45) is 11.1 Å². The van der Waals surface area contributed by atoms with E-state index in [1.807, 2.05) is 43.3 Å². The zero-order valence-electron chi connectivity index (χ0n) is 20.3. The van der Waals surface area contributed by atoms with Crippen LogP contribution in [0.5, 0.6) is 0 Å². The van der Waals surface area contributed by atoms with Gasteiger partial charge < -0.3 is 16.0 Å². The number of nitrogens with zero attached hydrogens (tertiary/aromatic N) is 2. The van der Waals surface area contributed by atoms with Crippen molar-refractivity contribution in [2.45, 2.75) is 39.7 Å². The normalized spacial score (nSPS) is 14.9. The van der Waals surface area contributed by atoms with Gasteiger partial charge in [0.15, 0.2) is 0 Å². The molecule has 0 atom stereocenters. The van der Waals surface area contributed by atoms with Crippen LogP contribution in [0.3, 0.4) is 0 Å². The van der Waals surface area contributed by atoms with Crippen molar-refractivity contribution in [2.75, 3.05) is 31.3 Å². The lowest BCUT2D eigenvalue weighted by Gasteiger charge is -2.40. The van der Waals surface area contributed by atoms with Crippen molar-refractivity contribution in [3.05, 3.63) is 64.2 Å². The Labute approximate surface area is 211 Å². The van der Waals surface area contributed by atoms with Crippen LogP contribution in [0.1, 0.15) is 36.5 Å². The molecule has 8 nitrogen and oxygen atoms in total. The van der Waals surface area contributed by atoms with E-state index < -0.39 is 5.41 Å². The number of nitrogens with one attached hydrogen (secondary N) is 1. The van der Waals surface area contributed by atoms with Crippen LogP contribution in [0, 0.1) is 12.3 Å². The van der Waals surface area contributed by atoms with E-state index >= 15 is 0 Å². The Kier molecular flexibility index (Phi) is 9.26. The van der Waals surface area contributed by atoms with Gasteiger partial charge in [0, 0.05) is 24.7 Å². The van der Waals surface area contributed by atoms with Gasteiger partial charge in [0.05, 0.1) is 24.3 Å². The van der Waals surface area contributed by atoms with Gasteiger partial charge in [0.25, 0.3) is 0 Å². The Morgan fingerprint density at radius 3 is 2.46 bits per heavy atom. The molecule has 9 heteroatoms. The molecule has 1 heterocycles. The molecule has 3 rings (SSSR count). The third kappa shape index (κ3) is 6.60. The minimum absolute atomic E-state index is 0.00262. The quantitative estimate of drug-likeness (QED) is 0.385. The number of halogens is 1. The highest BCUT2D eigenvalue weighted by molar-refractivity contribution is 6.30. The summed E-state index contributed by atoms with van der Waals surface area (Å²) in [4.78, 5) is 44.9. The van der Waals surface area contributed by atoms with E-state index in [0.717, 1.165) is 28.2 Å². The molecule has 0 aliphatic carbocycles. The second kappa shape index (κ2) is 12.2. The summed E-state index contributed by atoms with van der Waals surface area (Å²) in [5.41, 5.74) is 8.28. The maximum absolute atomic E-state index is 13.5. The summed E-state index contributed by atoms with van der Waals surface area (Å²) in [6, 6.07) is 13.0. The summed E-state index contributed by atoms with van der Waals surface area (Å²) in [6.07, 6.45) is 2.27. The van der Waals surface area contributed by atoms with Gasteiger partial charge in [-0.3, -0.25) is 19.2 Å². The van der Waals surface area contributed by atoms with Gasteiger partial charge in [-0.05, 0) is 67.1 Å². The summed E-state index contributed by atoms with van der Waals surface area (Å²) in [5.74, 6) is -0.332. The van der Waals surface area contributed by atoms with Crippen molar-refractivity contribution < 1.29 is 19.2 Å². The summed E-state index contributed by atoms with van der Waals surface area (Å²) in [6.45, 7) is 5.03. The van der Waals surface area contributed by atoms with Crippen molar-refractivity contribution in [3.63, 3.8) is 0 Å². The van der Waals surface area contributed by atoms with E-state index in [1.165, 1.54) is 0 Å². The largest absolute Gasteiger partial charge is 0.351 e. The Morgan fingerprint density at radius 1 is 1.20 bits per heavy atom. The lowest BCUT2D eigenvalue weighted by atomic mass is 9.78. The molecule has 0 bridgehead atoms. The first-order chi connectivity index (χ1) is 16.8. The molecule has 2 aromatic rings. The number of piperidine rings is 1. The Balaban J connectivity index is 1.74. The second-order valence-corrected chi connectivity index (χ2v) is 9.28. The van der Waals surface area contributed by atoms with Gasteiger partial charge in [0.1, 0.15) is 0 Å². The van der Waals surface area contributed by atoms with Crippen molar-refractivity contribution in [1.29, 1.82) is 0 Å². The molecule has 0 unspecified atom stereocenters. The minimum atomic E-state index is -0.906. The van der Waals surface area contributed by atoms with Crippen LogP contribution in [0.4, 0.5) is 5.69 Å². The lowest BCUT2D eigenvalue weighted by molar-refractivity contribution is -0.145. The topological polar surface area (TPSA) is 105 Å². The van der Waals surface area contributed by atoms with Crippen LogP contribution < -0.4 is 16.1 Å². The molecular formula is C26H33ClN4O4. The standard InChI is InChI=1S/C26H33ClN4O4/c1-3-20-4-8-23(9-5-20)31(18-32)35-17-26(10-12-30(13-11-26)24(33)15-28)25(34)29-16-21-6-7-22(27)14-19(21)2/h4-9,14,18H,3,10-13,15-17,28H2,1-2H3,(H,29,34). The third-order valence-electron chi connectivity index (χ3n) is 6.65. The second-order valence-electron chi connectivity index (χ2n) is 8.84. The number of hydrogen-bond donors (Lipinski definition) is 2. The fourth-order valence-electron chi connectivity index (χ4n) is 4.21. The molecule has 0 spiro atoms. The number of anilines is 1. The number of hydroxylamine groups is 1. The van der Waals surface area contributed by atoms with Crippen molar-refractivity contribution in [1.82, 2.24) is 10.2 Å². The van der Waals surface area contributed by atoms with E-state index in [1.54, 1.807) is 11.0 Å². The fraction of sp³-hybridized carbons (Fsp3) is 0.423. The number of hydrogen-bond acceptors (Lipinski definition) is 5. The third-order valence-corrected chi connectivity index (χ3v) is 6.88. The highest BCUT2D eigenvalue weighted by atomic mass is 35.5. The van der Waals surface area contributed by atoms with Gasteiger partial charge in [0.2, 0.25) is 18.2 Å². The van der Waals surface area contributed by atoms with Gasteiger partial charge >= 0.3 is 0 Å². The molecule has 3 amide bonds. The molecule has 2 aromatic carbocycles. The molecule has 1 saturated heterocycles. The van der Waals surface area contributed by atoms with E-state index in [0.29, 0.717) is 49.6 Å². The number of benzene rings is 2. The first-order valence-electron chi connectivity index (χ1n) is 11.8. The minimum Gasteiger partial charge on any atom is -0.351 e. The zero-order chi connectivity index (χ0) is 25.4. The first-order valence-corrected chi connectivity index (χ1v) is 12.2. The highest BCUT2D eigenvalue weighted by Crippen LogP contribution is 2.33. The van der Waals surface area contributed by atoms with E-state index in [9.17, 15) is 14.4 Å². The van der Waals surface area contributed by atoms with Crippen molar-refractivity contribution >= 4 is 35.5 Å². The highest BCUT2D eigenvalue weighted by Gasteiger charge is 2.43. The maximum Gasteiger partial charge on any atom is 0.238 e. The summed E-state index contributed by atoms with van der Waals surface area (Å²) < 4.78 is 0. The SMILES string of the molecule is CCc1ccc(N(C=O)OCC2(C(=O)NCc3ccc(Cl)cc3C)CCN(C(=O)CN)CC2)cc1. The van der Waals surface area contributed by atoms with Crippen LogP contribution in [0.15, 0.2) is 42.5 Å². The number of nitrogens with two attached hydrogens (primary N) is 1. The van der Waals surface area contributed by atoms with Crippen LogP contribution in [-0.2, 0) is 32.2 Å². The van der Waals surface area contributed by atoms with E-state index in [4.69, 9.17) is 22.2 Å². The first kappa shape index (κ1) is 26.7. The monoisotopic (exact) mass is 500 g/mol. The molecule has 0 radical (unpaired) electrons. The van der Waals surface area contributed by atoms with Gasteiger partial charge in [-0.2, -0.15) is 5.06 Å². The number of carbonyl (C=O) groups excluding carboxylic acids is 3. The molecule has 188 valence electrons. The lowest BCUT2D eigenvalue weighted by Crippen LogP contribution is -2.53. The molecule has 0 aromatic heterocycles. The summed E-state index contributed by atoms with van der Waals surface area (Å²) in [5, 5.41) is 4.81. The predicted octanol–water partition coefficient (Wildman–Crippen LogP) is 2.99. The molecule has 3 N–H and O–H groups in total. The van der Waals surface area contributed by atoms with Crippen LogP contribution in [-0.4, -0.2) is 49.4 Å². The van der Waals surface area contributed by atoms with Crippen LogP contribution in [0.25, 0.3) is 0 Å². The predicted molar refractivity (Wildman–Crippen MR) is 136 cm³/mol. The van der Waals surface area contributed by atoms with Gasteiger partial charge in [-0.15, -0.1) is 0 Å². The Morgan fingerprint density at radius 2 is 1.89 bits per heavy atom. The molecule has 0 saturated carbocycles. The summed E-state index contributed by atoms with van der Waals surface area (Å²) >= 11 is 6.05. The fourth-order valence-corrected chi connectivity index (χ4v) is 4.43. The van der Waals surface area contributed by atoms with E-state index in [-0.39, 0.29) is 25.0 Å². The number of carbonyl (C=O) groups is 3. The summed E-state index contributed by atoms with van der Waals surface area (Å²) in [7, 11) is 0. The van der Waals surface area contributed by atoms with Gasteiger partial charge in [-0.25, -0.2) is 0 Å².